The minimum atomic E-state index is -0.526. The summed E-state index contributed by atoms with van der Waals surface area (Å²) in [6, 6.07) is 2.50. The Hall–Kier alpha value is -1.75. The van der Waals surface area contributed by atoms with Crippen molar-refractivity contribution in [3.8, 4) is 5.75 Å². The van der Waals surface area contributed by atoms with Crippen LogP contribution in [0.25, 0.3) is 0 Å². The highest BCUT2D eigenvalue weighted by molar-refractivity contribution is 6.30. The number of azo groups is 1. The third-order valence-electron chi connectivity index (χ3n) is 2.85. The Morgan fingerprint density at radius 2 is 2.20 bits per heavy atom. The second-order valence-electron chi connectivity index (χ2n) is 4.75. The maximum atomic E-state index is 13.5. The van der Waals surface area contributed by atoms with Gasteiger partial charge < -0.3 is 4.74 Å². The maximum Gasteiger partial charge on any atom is 0.287 e. The van der Waals surface area contributed by atoms with Gasteiger partial charge in [0, 0.05) is 12.1 Å². The van der Waals surface area contributed by atoms with E-state index in [0.29, 0.717) is 5.75 Å². The van der Waals surface area contributed by atoms with Gasteiger partial charge in [-0.1, -0.05) is 25.4 Å². The van der Waals surface area contributed by atoms with Crippen molar-refractivity contribution in [2.45, 2.75) is 25.8 Å². The summed E-state index contributed by atoms with van der Waals surface area (Å²) < 4.78 is 19.1. The van der Waals surface area contributed by atoms with E-state index in [2.05, 4.69) is 10.2 Å². The molecule has 1 aromatic rings. The average molecular weight is 297 g/mol. The zero-order chi connectivity index (χ0) is 14.7. The van der Waals surface area contributed by atoms with Crippen molar-refractivity contribution in [2.24, 2.45) is 10.2 Å². The fraction of sp³-hybridized carbons (Fsp3) is 0.357. The van der Waals surface area contributed by atoms with Crippen molar-refractivity contribution in [3.63, 3.8) is 0 Å². The summed E-state index contributed by atoms with van der Waals surface area (Å²) in [5, 5.41) is 7.29. The van der Waals surface area contributed by atoms with Crippen molar-refractivity contribution in [3.05, 3.63) is 40.7 Å². The summed E-state index contributed by atoms with van der Waals surface area (Å²) in [4.78, 5) is 10.9. The molecule has 0 saturated carbocycles. The Kier molecular flexibility index (Phi) is 4.49. The van der Waals surface area contributed by atoms with Crippen LogP contribution in [0.5, 0.6) is 5.75 Å². The number of carbonyl (C=O) groups excluding carboxylic acids is 1. The number of halogens is 2. The Bertz CT molecular complexity index is 569. The second-order valence-corrected chi connectivity index (χ2v) is 5.16. The number of carbonyl (C=O) groups is 1. The molecule has 0 radical (unpaired) electrons. The minimum absolute atomic E-state index is 0.0731. The highest BCUT2D eigenvalue weighted by Gasteiger charge is 2.15. The third-order valence-corrected chi connectivity index (χ3v) is 3.14. The first-order chi connectivity index (χ1) is 9.47. The van der Waals surface area contributed by atoms with E-state index >= 15 is 0 Å². The molecule has 1 unspecified atom stereocenters. The van der Waals surface area contributed by atoms with Crippen LogP contribution in [0.4, 0.5) is 4.39 Å². The summed E-state index contributed by atoms with van der Waals surface area (Å²) >= 11 is 5.78. The molecule has 1 aliphatic rings. The van der Waals surface area contributed by atoms with E-state index in [1.165, 1.54) is 12.1 Å². The van der Waals surface area contributed by atoms with Crippen molar-refractivity contribution in [1.82, 2.24) is 0 Å². The molecule has 1 aromatic carbocycles. The van der Waals surface area contributed by atoms with Crippen LogP contribution >= 0.6 is 11.6 Å². The van der Waals surface area contributed by atoms with Crippen LogP contribution < -0.4 is 4.74 Å². The molecule has 4 nitrogen and oxygen atoms in total. The Balaban J connectivity index is 2.13. The standard InChI is InChI=1S/C14H14ClFN2O2/c1-8(2)10-5-11(15)12(16)6-13(10)20-7-9-3-4-14(19)18-17-9/h3-6,8-9H,7H2,1-2H3. The molecule has 1 amide bonds. The number of nitrogens with zero attached hydrogens (tertiary/aromatic N) is 2. The lowest BCUT2D eigenvalue weighted by atomic mass is 10.0. The highest BCUT2D eigenvalue weighted by Crippen LogP contribution is 2.31. The first kappa shape index (κ1) is 14.7. The van der Waals surface area contributed by atoms with Gasteiger partial charge in [0.25, 0.3) is 5.91 Å². The van der Waals surface area contributed by atoms with Gasteiger partial charge >= 0.3 is 0 Å². The SMILES string of the molecule is CC(C)c1cc(Cl)c(F)cc1OCC1C=CC(=O)N=N1. The lowest BCUT2D eigenvalue weighted by Gasteiger charge is -2.16. The van der Waals surface area contributed by atoms with Gasteiger partial charge in [-0.05, 0) is 23.6 Å². The number of hydrogen-bond donors (Lipinski definition) is 0. The Labute approximate surface area is 121 Å². The smallest absolute Gasteiger partial charge is 0.287 e. The van der Waals surface area contributed by atoms with Gasteiger partial charge in [-0.2, -0.15) is 5.11 Å². The number of benzene rings is 1. The van der Waals surface area contributed by atoms with E-state index < -0.39 is 5.82 Å². The first-order valence-corrected chi connectivity index (χ1v) is 6.60. The molecule has 1 aliphatic heterocycles. The largest absolute Gasteiger partial charge is 0.491 e. The quantitative estimate of drug-likeness (QED) is 0.846. The van der Waals surface area contributed by atoms with E-state index in [1.54, 1.807) is 12.1 Å². The van der Waals surface area contributed by atoms with Gasteiger partial charge in [-0.3, -0.25) is 4.79 Å². The molecule has 0 N–H and O–H groups in total. The molecule has 0 aromatic heterocycles. The fourth-order valence-electron chi connectivity index (χ4n) is 1.78. The number of rotatable bonds is 4. The highest BCUT2D eigenvalue weighted by atomic mass is 35.5. The zero-order valence-electron chi connectivity index (χ0n) is 11.1. The van der Waals surface area contributed by atoms with Crippen molar-refractivity contribution in [2.75, 3.05) is 6.61 Å². The second kappa shape index (κ2) is 6.13. The topological polar surface area (TPSA) is 51.0 Å². The molecule has 0 saturated heterocycles. The molecule has 0 fully saturated rings. The molecule has 20 heavy (non-hydrogen) atoms. The van der Waals surface area contributed by atoms with Crippen molar-refractivity contribution < 1.29 is 13.9 Å². The van der Waals surface area contributed by atoms with E-state index in [9.17, 15) is 9.18 Å². The van der Waals surface area contributed by atoms with E-state index in [4.69, 9.17) is 16.3 Å². The van der Waals surface area contributed by atoms with Gasteiger partial charge in [-0.15, -0.1) is 5.11 Å². The summed E-state index contributed by atoms with van der Waals surface area (Å²) in [5.74, 6) is -0.334. The summed E-state index contributed by atoms with van der Waals surface area (Å²) in [6.45, 7) is 4.12. The minimum Gasteiger partial charge on any atom is -0.491 e. The van der Waals surface area contributed by atoms with Gasteiger partial charge in [0.15, 0.2) is 0 Å². The maximum absolute atomic E-state index is 13.5. The predicted molar refractivity (Wildman–Crippen MR) is 73.8 cm³/mol. The summed E-state index contributed by atoms with van der Waals surface area (Å²) in [7, 11) is 0. The molecule has 1 atom stereocenters. The molecule has 2 rings (SSSR count). The fourth-order valence-corrected chi connectivity index (χ4v) is 1.95. The first-order valence-electron chi connectivity index (χ1n) is 6.22. The van der Waals surface area contributed by atoms with Gasteiger partial charge in [0.05, 0.1) is 5.02 Å². The van der Waals surface area contributed by atoms with Gasteiger partial charge in [0.2, 0.25) is 0 Å². The Morgan fingerprint density at radius 3 is 2.80 bits per heavy atom. The molecule has 0 aliphatic carbocycles. The molecular formula is C14H14ClFN2O2. The van der Waals surface area contributed by atoms with Crippen LogP contribution in [-0.4, -0.2) is 18.6 Å². The summed E-state index contributed by atoms with van der Waals surface area (Å²) in [6.07, 6.45) is 2.95. The van der Waals surface area contributed by atoms with Gasteiger partial charge in [-0.25, -0.2) is 4.39 Å². The van der Waals surface area contributed by atoms with Crippen LogP contribution in [0.15, 0.2) is 34.5 Å². The van der Waals surface area contributed by atoms with Crippen LogP contribution in [0.3, 0.4) is 0 Å². The van der Waals surface area contributed by atoms with Crippen molar-refractivity contribution >= 4 is 17.5 Å². The average Bonchev–Trinajstić information content (AvgIpc) is 2.41. The lowest BCUT2D eigenvalue weighted by Crippen LogP contribution is -2.16. The molecule has 0 bridgehead atoms. The van der Waals surface area contributed by atoms with Crippen LogP contribution in [0.2, 0.25) is 5.02 Å². The lowest BCUT2D eigenvalue weighted by molar-refractivity contribution is -0.114. The van der Waals surface area contributed by atoms with E-state index in [0.717, 1.165) is 5.56 Å². The van der Waals surface area contributed by atoms with Gasteiger partial charge in [0.1, 0.15) is 24.2 Å². The molecule has 0 spiro atoms. The number of amides is 1. The molecule has 1 heterocycles. The van der Waals surface area contributed by atoms with Crippen LogP contribution in [0.1, 0.15) is 25.3 Å². The monoisotopic (exact) mass is 296 g/mol. The van der Waals surface area contributed by atoms with E-state index in [-0.39, 0.29) is 29.5 Å². The Morgan fingerprint density at radius 1 is 1.45 bits per heavy atom. The number of hydrogen-bond acceptors (Lipinski definition) is 3. The zero-order valence-corrected chi connectivity index (χ0v) is 11.9. The van der Waals surface area contributed by atoms with Crippen molar-refractivity contribution in [1.29, 1.82) is 0 Å². The molecule has 6 heteroatoms. The number of ether oxygens (including phenoxy) is 1. The molecular weight excluding hydrogens is 283 g/mol. The van der Waals surface area contributed by atoms with Crippen LogP contribution in [-0.2, 0) is 4.79 Å². The normalized spacial score (nSPS) is 17.9. The third kappa shape index (κ3) is 3.42. The predicted octanol–water partition coefficient (Wildman–Crippen LogP) is 3.90. The summed E-state index contributed by atoms with van der Waals surface area (Å²) in [5.41, 5.74) is 0.823. The molecule has 106 valence electrons. The van der Waals surface area contributed by atoms with Crippen LogP contribution in [0, 0.1) is 5.82 Å². The van der Waals surface area contributed by atoms with E-state index in [1.807, 2.05) is 13.8 Å².